The number of amides is 1. The largest absolute Gasteiger partial charge is 0.490 e. The van der Waals surface area contributed by atoms with Gasteiger partial charge in [0.2, 0.25) is 0 Å². The highest BCUT2D eigenvalue weighted by Gasteiger charge is 2.31. The zero-order valence-electron chi connectivity index (χ0n) is 26.7. The standard InChI is InChI=1S/C33H51N3O6S2/c1-24-20-36(25(2)23-37)33(38)29-19-28(34-44(39,40)32-14-10-18-43-32)15-16-30(29)42-26(3)11-8-9-17-41-31(24)22-35(4)21-27-12-6-5-7-13-27/h10,14-16,18-19,24-27,31,34,37H,5-9,11-13,17,20-23H2,1-4H3/t24-,25-,26-,31-/m1/s1. The van der Waals surface area contributed by atoms with E-state index in [1.807, 2.05) is 13.8 Å². The second kappa shape index (κ2) is 16.4. The number of thiophene rings is 1. The molecule has 11 heteroatoms. The fraction of sp³-hybridized carbons (Fsp3) is 0.667. The first-order chi connectivity index (χ1) is 21.1. The molecule has 1 aliphatic carbocycles. The lowest BCUT2D eigenvalue weighted by Crippen LogP contribution is -2.47. The Morgan fingerprint density at radius 1 is 1.09 bits per heavy atom. The molecule has 9 nitrogen and oxygen atoms in total. The zero-order chi connectivity index (χ0) is 31.7. The Hall–Kier alpha value is -2.18. The summed E-state index contributed by atoms with van der Waals surface area (Å²) in [4.78, 5) is 18.4. The van der Waals surface area contributed by atoms with E-state index < -0.39 is 16.1 Å². The Balaban J connectivity index is 1.61. The molecule has 2 N–H and O–H groups in total. The summed E-state index contributed by atoms with van der Waals surface area (Å²) in [6, 6.07) is 7.60. The van der Waals surface area contributed by atoms with Crippen LogP contribution in [0.5, 0.6) is 5.75 Å². The number of ether oxygens (including phenoxy) is 2. The first-order valence-corrected chi connectivity index (χ1v) is 18.5. The first kappa shape index (κ1) is 34.7. The fourth-order valence-electron chi connectivity index (χ4n) is 6.26. The van der Waals surface area contributed by atoms with Crippen LogP contribution in [-0.4, -0.2) is 87.4 Å². The van der Waals surface area contributed by atoms with Crippen molar-refractivity contribution in [3.63, 3.8) is 0 Å². The number of nitrogens with zero attached hydrogens (tertiary/aromatic N) is 2. The summed E-state index contributed by atoms with van der Waals surface area (Å²) in [5, 5.41) is 11.9. The zero-order valence-corrected chi connectivity index (χ0v) is 28.4. The van der Waals surface area contributed by atoms with Gasteiger partial charge >= 0.3 is 0 Å². The lowest BCUT2D eigenvalue weighted by atomic mass is 9.89. The van der Waals surface area contributed by atoms with Gasteiger partial charge in [-0.15, -0.1) is 11.3 Å². The molecule has 4 rings (SSSR count). The van der Waals surface area contributed by atoms with Crippen molar-refractivity contribution < 1.29 is 27.8 Å². The maximum atomic E-state index is 14.3. The van der Waals surface area contributed by atoms with E-state index in [1.165, 1.54) is 32.1 Å². The molecule has 1 saturated carbocycles. The van der Waals surface area contributed by atoms with Crippen molar-refractivity contribution in [3.8, 4) is 5.75 Å². The Morgan fingerprint density at radius 3 is 2.55 bits per heavy atom. The molecule has 2 aliphatic rings. The number of rotatable bonds is 9. The average molecular weight is 650 g/mol. The van der Waals surface area contributed by atoms with Gasteiger partial charge in [-0.2, -0.15) is 0 Å². The maximum absolute atomic E-state index is 14.3. The number of nitrogens with one attached hydrogen (secondary N) is 1. The lowest BCUT2D eigenvalue weighted by Gasteiger charge is -2.36. The quantitative estimate of drug-likeness (QED) is 0.351. The molecule has 44 heavy (non-hydrogen) atoms. The summed E-state index contributed by atoms with van der Waals surface area (Å²) in [5.74, 6) is 0.804. The van der Waals surface area contributed by atoms with E-state index in [2.05, 4.69) is 23.6 Å². The molecule has 2 heterocycles. The van der Waals surface area contributed by atoms with E-state index in [0.29, 0.717) is 18.9 Å². The van der Waals surface area contributed by atoms with Gasteiger partial charge in [0.25, 0.3) is 15.9 Å². The number of aliphatic hydroxyl groups excluding tert-OH is 1. The summed E-state index contributed by atoms with van der Waals surface area (Å²) in [6.07, 6.45) is 8.93. The van der Waals surface area contributed by atoms with Crippen LogP contribution in [0.2, 0.25) is 0 Å². The Bertz CT molecular complexity index is 1280. The number of likely N-dealkylation sites (N-methyl/N-ethyl adjacent to an activating group) is 1. The SMILES string of the molecule is C[C@@H]1CCCCO[C@H](CN(C)CC2CCCCC2)[C@H](C)CN([C@H](C)CO)C(=O)c2cc(NS(=O)(=O)c3cccs3)ccc2O1. The number of hydrogen-bond donors (Lipinski definition) is 2. The van der Waals surface area contributed by atoms with Crippen LogP contribution in [0.25, 0.3) is 0 Å². The molecular formula is C33H51N3O6S2. The molecule has 0 bridgehead atoms. The van der Waals surface area contributed by atoms with Crippen LogP contribution in [-0.2, 0) is 14.8 Å². The van der Waals surface area contributed by atoms with Crippen molar-refractivity contribution in [2.45, 2.75) is 94.6 Å². The van der Waals surface area contributed by atoms with Crippen LogP contribution in [0.15, 0.2) is 39.9 Å². The number of anilines is 1. The second-order valence-electron chi connectivity index (χ2n) is 12.8. The van der Waals surface area contributed by atoms with E-state index in [9.17, 15) is 18.3 Å². The summed E-state index contributed by atoms with van der Waals surface area (Å²) < 4.78 is 41.5. The third-order valence-corrected chi connectivity index (χ3v) is 11.6. The van der Waals surface area contributed by atoms with Gasteiger partial charge in [0.1, 0.15) is 9.96 Å². The maximum Gasteiger partial charge on any atom is 0.271 e. The molecule has 246 valence electrons. The average Bonchev–Trinajstić information content (AvgIpc) is 3.55. The predicted molar refractivity (Wildman–Crippen MR) is 176 cm³/mol. The highest BCUT2D eigenvalue weighted by molar-refractivity contribution is 7.94. The lowest BCUT2D eigenvalue weighted by molar-refractivity contribution is -0.0190. The van der Waals surface area contributed by atoms with E-state index in [1.54, 1.807) is 40.6 Å². The molecule has 1 amide bonds. The van der Waals surface area contributed by atoms with Gasteiger partial charge in [-0.1, -0.05) is 32.3 Å². The number of aliphatic hydroxyl groups is 1. The topological polar surface area (TPSA) is 108 Å². The van der Waals surface area contributed by atoms with Crippen LogP contribution >= 0.6 is 11.3 Å². The molecular weight excluding hydrogens is 599 g/mol. The molecule has 0 radical (unpaired) electrons. The van der Waals surface area contributed by atoms with Crippen molar-refractivity contribution in [1.82, 2.24) is 9.80 Å². The minimum atomic E-state index is -3.81. The Morgan fingerprint density at radius 2 is 1.84 bits per heavy atom. The second-order valence-corrected chi connectivity index (χ2v) is 15.6. The number of carbonyl (C=O) groups is 1. The normalized spacial score (nSPS) is 23.9. The number of sulfonamides is 1. The summed E-state index contributed by atoms with van der Waals surface area (Å²) in [5.41, 5.74) is 0.540. The Kier molecular flexibility index (Phi) is 12.9. The van der Waals surface area contributed by atoms with Gasteiger partial charge in [0.15, 0.2) is 0 Å². The fourth-order valence-corrected chi connectivity index (χ4v) is 8.31. The first-order valence-electron chi connectivity index (χ1n) is 16.2. The van der Waals surface area contributed by atoms with Gasteiger partial charge in [-0.25, -0.2) is 8.42 Å². The molecule has 2 aromatic rings. The van der Waals surface area contributed by atoms with E-state index in [-0.39, 0.29) is 46.1 Å². The summed E-state index contributed by atoms with van der Waals surface area (Å²) >= 11 is 1.13. The van der Waals surface area contributed by atoms with Gasteiger partial charge in [-0.05, 0) is 88.6 Å². The Labute approximate surface area is 268 Å². The van der Waals surface area contributed by atoms with Gasteiger partial charge < -0.3 is 24.4 Å². The van der Waals surface area contributed by atoms with Gasteiger partial charge in [0, 0.05) is 37.8 Å². The molecule has 1 aromatic heterocycles. The molecule has 4 atom stereocenters. The van der Waals surface area contributed by atoms with Crippen LogP contribution in [0.4, 0.5) is 5.69 Å². The molecule has 0 unspecified atom stereocenters. The minimum Gasteiger partial charge on any atom is -0.490 e. The van der Waals surface area contributed by atoms with E-state index in [0.717, 1.165) is 49.6 Å². The highest BCUT2D eigenvalue weighted by atomic mass is 32.2. The third-order valence-electron chi connectivity index (χ3n) is 8.85. The summed E-state index contributed by atoms with van der Waals surface area (Å²) in [6.45, 7) is 8.56. The van der Waals surface area contributed by atoms with Gasteiger partial charge in [-0.3, -0.25) is 9.52 Å². The van der Waals surface area contributed by atoms with Crippen LogP contribution < -0.4 is 9.46 Å². The van der Waals surface area contributed by atoms with Crippen LogP contribution in [0, 0.1) is 11.8 Å². The number of carbonyl (C=O) groups excluding carboxylic acids is 1. The monoisotopic (exact) mass is 649 g/mol. The predicted octanol–water partition coefficient (Wildman–Crippen LogP) is 5.86. The van der Waals surface area contributed by atoms with Crippen molar-refractivity contribution in [2.75, 3.05) is 44.6 Å². The van der Waals surface area contributed by atoms with Crippen LogP contribution in [0.3, 0.4) is 0 Å². The number of benzene rings is 1. The van der Waals surface area contributed by atoms with E-state index >= 15 is 0 Å². The number of fused-ring (bicyclic) bond motifs is 1. The van der Waals surface area contributed by atoms with Crippen LogP contribution in [0.1, 0.15) is 82.5 Å². The van der Waals surface area contributed by atoms with Gasteiger partial charge in [0.05, 0.1) is 30.4 Å². The summed E-state index contributed by atoms with van der Waals surface area (Å²) in [7, 11) is -1.64. The van der Waals surface area contributed by atoms with E-state index in [4.69, 9.17) is 9.47 Å². The van der Waals surface area contributed by atoms with Crippen molar-refractivity contribution in [3.05, 3.63) is 41.3 Å². The minimum absolute atomic E-state index is 0.00602. The molecule has 1 fully saturated rings. The molecule has 1 aromatic carbocycles. The molecule has 1 aliphatic heterocycles. The molecule has 0 spiro atoms. The smallest absolute Gasteiger partial charge is 0.271 e. The number of hydrogen-bond acceptors (Lipinski definition) is 8. The molecule has 0 saturated heterocycles. The van der Waals surface area contributed by atoms with Crippen molar-refractivity contribution in [1.29, 1.82) is 0 Å². The third kappa shape index (κ3) is 9.66. The van der Waals surface area contributed by atoms with Crippen molar-refractivity contribution in [2.24, 2.45) is 11.8 Å². The highest BCUT2D eigenvalue weighted by Crippen LogP contribution is 2.30. The van der Waals surface area contributed by atoms with Crippen molar-refractivity contribution >= 4 is 33.0 Å².